The molecule has 0 amide bonds. The molecule has 2 N–H and O–H groups in total. The van der Waals surface area contributed by atoms with Crippen LogP contribution in [0.2, 0.25) is 0 Å². The second kappa shape index (κ2) is 3.97. The van der Waals surface area contributed by atoms with Crippen LogP contribution in [-0.2, 0) is 9.59 Å². The van der Waals surface area contributed by atoms with Crippen molar-refractivity contribution in [3.05, 3.63) is 0 Å². The van der Waals surface area contributed by atoms with E-state index in [0.717, 1.165) is 19.3 Å². The molecule has 0 unspecified atom stereocenters. The van der Waals surface area contributed by atoms with E-state index in [1.165, 1.54) is 0 Å². The van der Waals surface area contributed by atoms with Gasteiger partial charge in [-0.15, -0.1) is 0 Å². The molecule has 4 fully saturated rings. The highest BCUT2D eigenvalue weighted by molar-refractivity contribution is 5.82. The summed E-state index contributed by atoms with van der Waals surface area (Å²) in [5.41, 5.74) is -1.50. The van der Waals surface area contributed by atoms with Gasteiger partial charge in [-0.05, 0) is 56.3 Å². The number of hydrogen-bond donors (Lipinski definition) is 2. The maximum absolute atomic E-state index is 11.9. The van der Waals surface area contributed by atoms with E-state index in [2.05, 4.69) is 0 Å². The molecule has 0 aromatic carbocycles. The zero-order valence-corrected chi connectivity index (χ0v) is 11.4. The third-order valence-corrected chi connectivity index (χ3v) is 6.04. The Morgan fingerprint density at radius 1 is 1.00 bits per heavy atom. The number of carboxylic acids is 2. The van der Waals surface area contributed by atoms with E-state index < -0.39 is 22.8 Å². The number of rotatable bonds is 4. The molecule has 4 rings (SSSR count). The summed E-state index contributed by atoms with van der Waals surface area (Å²) < 4.78 is 0. The summed E-state index contributed by atoms with van der Waals surface area (Å²) in [6, 6.07) is 0. The Balaban J connectivity index is 2.10. The molecule has 0 aliphatic heterocycles. The van der Waals surface area contributed by atoms with Crippen molar-refractivity contribution < 1.29 is 19.8 Å². The molecular weight excluding hydrogens is 244 g/mol. The average Bonchev–Trinajstić information content (AvgIpc) is 2.32. The molecule has 4 heteroatoms. The molecule has 0 saturated heterocycles. The summed E-state index contributed by atoms with van der Waals surface area (Å²) in [4.78, 5) is 23.8. The lowest BCUT2D eigenvalue weighted by Crippen LogP contribution is -2.63. The topological polar surface area (TPSA) is 74.6 Å². The summed E-state index contributed by atoms with van der Waals surface area (Å²) in [6.07, 6.45) is 5.47. The molecule has 4 nitrogen and oxygen atoms in total. The van der Waals surface area contributed by atoms with Crippen LogP contribution in [-0.4, -0.2) is 22.2 Å². The molecule has 0 atom stereocenters. The first-order chi connectivity index (χ1) is 8.94. The fraction of sp³-hybridized carbons (Fsp3) is 0.867. The van der Waals surface area contributed by atoms with Gasteiger partial charge < -0.3 is 10.2 Å². The Morgan fingerprint density at radius 3 is 1.74 bits per heavy atom. The van der Waals surface area contributed by atoms with Gasteiger partial charge in [-0.2, -0.15) is 0 Å². The SMILES string of the molecule is CCCC1C2(C(=O)O)CC3CC(C2)CC1(C(=O)O)C3. The minimum atomic E-state index is -0.752. The number of carboxylic acid groups (broad SMARTS) is 2. The van der Waals surface area contributed by atoms with Crippen LogP contribution in [0.5, 0.6) is 0 Å². The van der Waals surface area contributed by atoms with Crippen molar-refractivity contribution in [2.24, 2.45) is 28.6 Å². The Hall–Kier alpha value is -1.06. The normalized spacial score (nSPS) is 47.3. The van der Waals surface area contributed by atoms with Gasteiger partial charge in [0.25, 0.3) is 0 Å². The van der Waals surface area contributed by atoms with Crippen LogP contribution in [0.15, 0.2) is 0 Å². The first-order valence-electron chi connectivity index (χ1n) is 7.41. The maximum Gasteiger partial charge on any atom is 0.309 e. The summed E-state index contributed by atoms with van der Waals surface area (Å²) in [5.74, 6) is -1.04. The van der Waals surface area contributed by atoms with Gasteiger partial charge in [0, 0.05) is 0 Å². The monoisotopic (exact) mass is 266 g/mol. The molecule has 0 aromatic heterocycles. The molecule has 4 bridgehead atoms. The van der Waals surface area contributed by atoms with Crippen molar-refractivity contribution in [2.45, 2.75) is 51.9 Å². The van der Waals surface area contributed by atoms with Crippen molar-refractivity contribution in [3.63, 3.8) is 0 Å². The minimum Gasteiger partial charge on any atom is -0.481 e. The largest absolute Gasteiger partial charge is 0.481 e. The van der Waals surface area contributed by atoms with Gasteiger partial charge in [-0.3, -0.25) is 9.59 Å². The Labute approximate surface area is 113 Å². The summed E-state index contributed by atoms with van der Waals surface area (Å²) in [6.45, 7) is 2.02. The minimum absolute atomic E-state index is 0.173. The molecule has 19 heavy (non-hydrogen) atoms. The van der Waals surface area contributed by atoms with Crippen LogP contribution >= 0.6 is 0 Å². The molecule has 0 radical (unpaired) electrons. The average molecular weight is 266 g/mol. The van der Waals surface area contributed by atoms with Crippen molar-refractivity contribution in [1.82, 2.24) is 0 Å². The molecule has 0 aromatic rings. The predicted octanol–water partition coefficient (Wildman–Crippen LogP) is 2.77. The van der Waals surface area contributed by atoms with Crippen LogP contribution in [0.25, 0.3) is 0 Å². The van der Waals surface area contributed by atoms with E-state index in [1.54, 1.807) is 0 Å². The highest BCUT2D eigenvalue weighted by Crippen LogP contribution is 2.69. The lowest BCUT2D eigenvalue weighted by atomic mass is 9.39. The molecule has 106 valence electrons. The van der Waals surface area contributed by atoms with Crippen LogP contribution in [0.4, 0.5) is 0 Å². The van der Waals surface area contributed by atoms with Gasteiger partial charge in [0.2, 0.25) is 0 Å². The predicted molar refractivity (Wildman–Crippen MR) is 68.6 cm³/mol. The highest BCUT2D eigenvalue weighted by Gasteiger charge is 2.68. The van der Waals surface area contributed by atoms with Crippen molar-refractivity contribution in [1.29, 1.82) is 0 Å². The van der Waals surface area contributed by atoms with Gasteiger partial charge in [0.05, 0.1) is 10.8 Å². The fourth-order valence-electron chi connectivity index (χ4n) is 5.76. The van der Waals surface area contributed by atoms with Crippen LogP contribution in [0, 0.1) is 28.6 Å². The maximum atomic E-state index is 11.9. The van der Waals surface area contributed by atoms with Crippen LogP contribution in [0.3, 0.4) is 0 Å². The Bertz CT molecular complexity index is 380. The number of carbonyl (C=O) groups is 2. The first kappa shape index (κ1) is 12.9. The van der Waals surface area contributed by atoms with E-state index in [9.17, 15) is 19.8 Å². The van der Waals surface area contributed by atoms with Gasteiger partial charge in [0.1, 0.15) is 0 Å². The molecule has 0 heterocycles. The van der Waals surface area contributed by atoms with Crippen molar-refractivity contribution in [3.8, 4) is 0 Å². The van der Waals surface area contributed by atoms with Crippen molar-refractivity contribution in [2.75, 3.05) is 0 Å². The van der Waals surface area contributed by atoms with Gasteiger partial charge in [0.15, 0.2) is 0 Å². The summed E-state index contributed by atoms with van der Waals surface area (Å²) >= 11 is 0. The third kappa shape index (κ3) is 1.52. The third-order valence-electron chi connectivity index (χ3n) is 6.04. The van der Waals surface area contributed by atoms with Crippen LogP contribution < -0.4 is 0 Å². The molecular formula is C15H22O4. The Kier molecular flexibility index (Phi) is 2.70. The zero-order chi connectivity index (χ0) is 13.8. The summed E-state index contributed by atoms with van der Waals surface area (Å²) in [5, 5.41) is 19.6. The summed E-state index contributed by atoms with van der Waals surface area (Å²) in [7, 11) is 0. The molecule has 4 saturated carbocycles. The second-order valence-electron chi connectivity index (χ2n) is 7.05. The lowest BCUT2D eigenvalue weighted by molar-refractivity contribution is -0.209. The van der Waals surface area contributed by atoms with Gasteiger partial charge in [-0.1, -0.05) is 13.3 Å². The number of hydrogen-bond acceptors (Lipinski definition) is 2. The van der Waals surface area contributed by atoms with Crippen molar-refractivity contribution >= 4 is 11.9 Å². The van der Waals surface area contributed by atoms with E-state index in [-0.39, 0.29) is 5.92 Å². The van der Waals surface area contributed by atoms with E-state index in [1.807, 2.05) is 6.92 Å². The molecule has 4 aliphatic carbocycles. The second-order valence-corrected chi connectivity index (χ2v) is 7.05. The van der Waals surface area contributed by atoms with Gasteiger partial charge in [-0.25, -0.2) is 0 Å². The van der Waals surface area contributed by atoms with E-state index >= 15 is 0 Å². The Morgan fingerprint density at radius 2 is 1.42 bits per heavy atom. The lowest BCUT2D eigenvalue weighted by Gasteiger charge is -2.63. The quantitative estimate of drug-likeness (QED) is 0.820. The standard InChI is InChI=1S/C15H22O4/c1-2-3-11-14(12(16)17)5-9-4-10(7-14)8-15(11,6-9)13(18)19/h9-11H,2-8H2,1H3,(H,16,17)(H,18,19). The van der Waals surface area contributed by atoms with Crippen LogP contribution in [0.1, 0.15) is 51.9 Å². The van der Waals surface area contributed by atoms with E-state index in [0.29, 0.717) is 37.5 Å². The number of aliphatic carboxylic acids is 2. The molecule has 4 aliphatic rings. The molecule has 0 spiro atoms. The van der Waals surface area contributed by atoms with Gasteiger partial charge >= 0.3 is 11.9 Å². The van der Waals surface area contributed by atoms with E-state index in [4.69, 9.17) is 0 Å². The smallest absolute Gasteiger partial charge is 0.309 e. The zero-order valence-electron chi connectivity index (χ0n) is 11.4. The highest BCUT2D eigenvalue weighted by atomic mass is 16.4. The fourth-order valence-corrected chi connectivity index (χ4v) is 5.76. The first-order valence-corrected chi connectivity index (χ1v) is 7.41.